The van der Waals surface area contributed by atoms with E-state index in [1.807, 2.05) is 12.3 Å². The first kappa shape index (κ1) is 13.7. The molecular formula is C17H18N4S. The van der Waals surface area contributed by atoms with Crippen molar-refractivity contribution >= 4 is 11.3 Å². The predicted molar refractivity (Wildman–Crippen MR) is 88.8 cm³/mol. The number of fused-ring (bicyclic) bond motifs is 1. The SMILES string of the molecule is c1ccc(-c2nc(CCN3CCc4[nH]ncc4C3)cs2)cc1. The highest BCUT2D eigenvalue weighted by atomic mass is 32.1. The van der Waals surface area contributed by atoms with Gasteiger partial charge in [0.25, 0.3) is 0 Å². The highest BCUT2D eigenvalue weighted by molar-refractivity contribution is 7.13. The average molecular weight is 310 g/mol. The summed E-state index contributed by atoms with van der Waals surface area (Å²) in [7, 11) is 0. The maximum absolute atomic E-state index is 4.77. The van der Waals surface area contributed by atoms with Gasteiger partial charge in [-0.15, -0.1) is 11.3 Å². The lowest BCUT2D eigenvalue weighted by molar-refractivity contribution is 0.256. The largest absolute Gasteiger partial charge is 0.298 e. The van der Waals surface area contributed by atoms with Crippen LogP contribution in [-0.2, 0) is 19.4 Å². The van der Waals surface area contributed by atoms with Crippen LogP contribution in [0.4, 0.5) is 0 Å². The molecule has 0 amide bonds. The molecule has 3 aromatic rings. The lowest BCUT2D eigenvalue weighted by Gasteiger charge is -2.25. The van der Waals surface area contributed by atoms with E-state index in [-0.39, 0.29) is 0 Å². The first-order chi connectivity index (χ1) is 10.9. The molecule has 22 heavy (non-hydrogen) atoms. The molecule has 1 N–H and O–H groups in total. The van der Waals surface area contributed by atoms with Crippen molar-refractivity contribution in [3.63, 3.8) is 0 Å². The number of hydrogen-bond donors (Lipinski definition) is 1. The van der Waals surface area contributed by atoms with E-state index in [2.05, 4.69) is 44.7 Å². The molecule has 0 radical (unpaired) electrons. The van der Waals surface area contributed by atoms with Crippen LogP contribution >= 0.6 is 11.3 Å². The van der Waals surface area contributed by atoms with E-state index in [9.17, 15) is 0 Å². The molecule has 0 saturated carbocycles. The van der Waals surface area contributed by atoms with Crippen LogP contribution in [0.1, 0.15) is 17.0 Å². The van der Waals surface area contributed by atoms with Gasteiger partial charge in [-0.2, -0.15) is 5.10 Å². The van der Waals surface area contributed by atoms with Crippen molar-refractivity contribution in [1.82, 2.24) is 20.1 Å². The van der Waals surface area contributed by atoms with Gasteiger partial charge in [-0.25, -0.2) is 4.98 Å². The summed E-state index contributed by atoms with van der Waals surface area (Å²) >= 11 is 1.73. The molecule has 3 heterocycles. The highest BCUT2D eigenvalue weighted by Gasteiger charge is 2.17. The fourth-order valence-corrected chi connectivity index (χ4v) is 3.74. The van der Waals surface area contributed by atoms with Gasteiger partial charge in [-0.3, -0.25) is 10.00 Å². The van der Waals surface area contributed by atoms with E-state index in [4.69, 9.17) is 4.98 Å². The maximum Gasteiger partial charge on any atom is 0.123 e. The Labute approximate surface area is 133 Å². The van der Waals surface area contributed by atoms with Crippen molar-refractivity contribution in [3.8, 4) is 10.6 Å². The van der Waals surface area contributed by atoms with E-state index in [0.29, 0.717) is 0 Å². The van der Waals surface area contributed by atoms with Gasteiger partial charge in [0.1, 0.15) is 5.01 Å². The molecule has 0 atom stereocenters. The molecule has 0 bridgehead atoms. The van der Waals surface area contributed by atoms with Gasteiger partial charge in [-0.1, -0.05) is 30.3 Å². The lowest BCUT2D eigenvalue weighted by atomic mass is 10.1. The van der Waals surface area contributed by atoms with Crippen LogP contribution in [0.3, 0.4) is 0 Å². The smallest absolute Gasteiger partial charge is 0.123 e. The molecule has 0 spiro atoms. The number of nitrogens with zero attached hydrogens (tertiary/aromatic N) is 3. The van der Waals surface area contributed by atoms with Crippen LogP contribution in [0.15, 0.2) is 41.9 Å². The number of aromatic amines is 1. The summed E-state index contributed by atoms with van der Waals surface area (Å²) in [6.45, 7) is 3.16. The Balaban J connectivity index is 1.38. The standard InChI is InChI=1S/C17H18N4S/c1-2-4-13(5-3-1)17-19-15(12-22-17)6-8-21-9-7-16-14(11-21)10-18-20-16/h1-5,10,12H,6-9,11H2,(H,18,20). The number of thiazole rings is 1. The monoisotopic (exact) mass is 310 g/mol. The summed E-state index contributed by atoms with van der Waals surface area (Å²) in [6, 6.07) is 10.4. The number of nitrogens with one attached hydrogen (secondary N) is 1. The normalized spacial score (nSPS) is 14.9. The van der Waals surface area contributed by atoms with Crippen molar-refractivity contribution in [1.29, 1.82) is 0 Å². The lowest BCUT2D eigenvalue weighted by Crippen LogP contribution is -2.31. The third-order valence-electron chi connectivity index (χ3n) is 4.14. The zero-order chi connectivity index (χ0) is 14.8. The van der Waals surface area contributed by atoms with Crippen molar-refractivity contribution < 1.29 is 0 Å². The summed E-state index contributed by atoms with van der Waals surface area (Å²) < 4.78 is 0. The molecular weight excluding hydrogens is 292 g/mol. The zero-order valence-electron chi connectivity index (χ0n) is 12.3. The Morgan fingerprint density at radius 2 is 2.14 bits per heavy atom. The molecule has 4 nitrogen and oxygen atoms in total. The highest BCUT2D eigenvalue weighted by Crippen LogP contribution is 2.24. The molecule has 112 valence electrons. The van der Waals surface area contributed by atoms with Crippen LogP contribution in [0.25, 0.3) is 10.6 Å². The van der Waals surface area contributed by atoms with Crippen molar-refractivity contribution in [2.24, 2.45) is 0 Å². The van der Waals surface area contributed by atoms with E-state index >= 15 is 0 Å². The van der Waals surface area contributed by atoms with Crippen molar-refractivity contribution in [3.05, 3.63) is 58.9 Å². The minimum atomic E-state index is 1.00. The average Bonchev–Trinajstić information content (AvgIpc) is 3.22. The Hall–Kier alpha value is -1.98. The van der Waals surface area contributed by atoms with Gasteiger partial charge >= 0.3 is 0 Å². The van der Waals surface area contributed by atoms with Crippen LogP contribution in [0.5, 0.6) is 0 Å². The molecule has 0 aliphatic carbocycles. The topological polar surface area (TPSA) is 44.8 Å². The molecule has 4 rings (SSSR count). The maximum atomic E-state index is 4.77. The molecule has 5 heteroatoms. The first-order valence-corrected chi connectivity index (χ1v) is 8.50. The number of hydrogen-bond acceptors (Lipinski definition) is 4. The third-order valence-corrected chi connectivity index (χ3v) is 5.08. The van der Waals surface area contributed by atoms with Crippen LogP contribution in [-0.4, -0.2) is 33.2 Å². The molecule has 1 aliphatic heterocycles. The summed E-state index contributed by atoms with van der Waals surface area (Å²) in [5.74, 6) is 0. The van der Waals surface area contributed by atoms with Gasteiger partial charge in [0, 0.05) is 54.7 Å². The Kier molecular flexibility index (Phi) is 3.74. The van der Waals surface area contributed by atoms with Gasteiger partial charge in [0.05, 0.1) is 11.9 Å². The predicted octanol–water partition coefficient (Wildman–Crippen LogP) is 3.13. The number of rotatable bonds is 4. The number of benzene rings is 1. The molecule has 0 unspecified atom stereocenters. The van der Waals surface area contributed by atoms with E-state index in [1.165, 1.54) is 22.5 Å². The minimum Gasteiger partial charge on any atom is -0.298 e. The van der Waals surface area contributed by atoms with Gasteiger partial charge in [-0.05, 0) is 0 Å². The Morgan fingerprint density at radius 1 is 1.23 bits per heavy atom. The minimum absolute atomic E-state index is 1.00. The van der Waals surface area contributed by atoms with E-state index in [0.717, 1.165) is 37.5 Å². The Bertz CT molecular complexity index is 747. The van der Waals surface area contributed by atoms with Gasteiger partial charge in [0.2, 0.25) is 0 Å². The second kappa shape index (κ2) is 6.02. The summed E-state index contributed by atoms with van der Waals surface area (Å²) in [5, 5.41) is 10.5. The van der Waals surface area contributed by atoms with E-state index < -0.39 is 0 Å². The third kappa shape index (κ3) is 2.82. The van der Waals surface area contributed by atoms with Crippen LogP contribution in [0.2, 0.25) is 0 Å². The van der Waals surface area contributed by atoms with Crippen molar-refractivity contribution in [2.45, 2.75) is 19.4 Å². The van der Waals surface area contributed by atoms with Gasteiger partial charge < -0.3 is 0 Å². The number of H-pyrrole nitrogens is 1. The zero-order valence-corrected chi connectivity index (χ0v) is 13.1. The first-order valence-electron chi connectivity index (χ1n) is 7.62. The molecule has 2 aromatic heterocycles. The molecule has 1 aliphatic rings. The molecule has 1 aromatic carbocycles. The second-order valence-corrected chi connectivity index (χ2v) is 6.52. The fraction of sp³-hybridized carbons (Fsp3) is 0.294. The van der Waals surface area contributed by atoms with Crippen LogP contribution in [0, 0.1) is 0 Å². The Morgan fingerprint density at radius 3 is 3.05 bits per heavy atom. The second-order valence-electron chi connectivity index (χ2n) is 5.66. The summed E-state index contributed by atoms with van der Waals surface area (Å²) in [5.41, 5.74) is 5.05. The fourth-order valence-electron chi connectivity index (χ4n) is 2.88. The molecule has 0 fully saturated rings. The number of aromatic nitrogens is 3. The van der Waals surface area contributed by atoms with Crippen LogP contribution < -0.4 is 0 Å². The quantitative estimate of drug-likeness (QED) is 0.805. The van der Waals surface area contributed by atoms with Gasteiger partial charge in [0.15, 0.2) is 0 Å². The summed E-state index contributed by atoms with van der Waals surface area (Å²) in [4.78, 5) is 7.26. The molecule has 0 saturated heterocycles. The van der Waals surface area contributed by atoms with Crippen molar-refractivity contribution in [2.75, 3.05) is 13.1 Å². The summed E-state index contributed by atoms with van der Waals surface area (Å²) in [6.07, 6.45) is 4.04. The van der Waals surface area contributed by atoms with E-state index in [1.54, 1.807) is 11.3 Å².